The van der Waals surface area contributed by atoms with Crippen molar-refractivity contribution in [3.63, 3.8) is 0 Å². The maximum atomic E-state index is 13.1. The molecule has 3 nitrogen and oxygen atoms in total. The topological polar surface area (TPSA) is 44.9 Å². The first-order valence-corrected chi connectivity index (χ1v) is 6.83. The Bertz CT molecular complexity index is 845. The molecule has 1 aromatic heterocycles. The summed E-state index contributed by atoms with van der Waals surface area (Å²) in [5, 5.41) is 4.06. The first-order valence-electron chi connectivity index (χ1n) is 6.07. The van der Waals surface area contributed by atoms with Gasteiger partial charge in [0.25, 0.3) is 5.91 Å². The summed E-state index contributed by atoms with van der Waals surface area (Å²) >= 11 is 11.6. The largest absolute Gasteiger partial charge is 0.350 e. The molecular weight excluding hydrogens is 314 g/mol. The molecule has 6 heteroatoms. The van der Waals surface area contributed by atoms with Crippen molar-refractivity contribution >= 4 is 45.7 Å². The van der Waals surface area contributed by atoms with E-state index >= 15 is 0 Å². The van der Waals surface area contributed by atoms with E-state index in [1.54, 1.807) is 18.2 Å². The zero-order valence-corrected chi connectivity index (χ0v) is 12.1. The van der Waals surface area contributed by atoms with Gasteiger partial charge in [-0.2, -0.15) is 0 Å². The number of carbonyl (C=O) groups excluding carboxylic acids is 1. The van der Waals surface area contributed by atoms with Gasteiger partial charge < -0.3 is 10.3 Å². The molecule has 2 N–H and O–H groups in total. The van der Waals surface area contributed by atoms with Crippen molar-refractivity contribution < 1.29 is 9.18 Å². The first kappa shape index (κ1) is 13.9. The van der Waals surface area contributed by atoms with Gasteiger partial charge in [-0.1, -0.05) is 29.3 Å². The third-order valence-electron chi connectivity index (χ3n) is 3.01. The molecule has 0 bridgehead atoms. The Balaban J connectivity index is 1.87. The lowest BCUT2D eigenvalue weighted by Gasteiger charge is -2.04. The minimum atomic E-state index is -0.532. The Morgan fingerprint density at radius 3 is 2.67 bits per heavy atom. The maximum Gasteiger partial charge on any atom is 0.272 e. The molecule has 3 rings (SSSR count). The van der Waals surface area contributed by atoms with Crippen molar-refractivity contribution in [3.05, 3.63) is 64.0 Å². The van der Waals surface area contributed by atoms with Gasteiger partial charge in [0.05, 0.1) is 5.02 Å². The van der Waals surface area contributed by atoms with Crippen LogP contribution in [0, 0.1) is 5.82 Å². The molecule has 0 aliphatic carbocycles. The molecule has 0 spiro atoms. The highest BCUT2D eigenvalue weighted by Gasteiger charge is 2.11. The van der Waals surface area contributed by atoms with Crippen LogP contribution < -0.4 is 5.32 Å². The van der Waals surface area contributed by atoms with E-state index in [-0.39, 0.29) is 10.9 Å². The minimum Gasteiger partial charge on any atom is -0.350 e. The Kier molecular flexibility index (Phi) is 3.57. The van der Waals surface area contributed by atoms with Crippen LogP contribution >= 0.6 is 23.2 Å². The van der Waals surface area contributed by atoms with Crippen molar-refractivity contribution in [1.29, 1.82) is 0 Å². The molecular formula is C15H9Cl2FN2O. The van der Waals surface area contributed by atoms with E-state index in [0.717, 1.165) is 10.9 Å². The number of benzene rings is 2. The first-order chi connectivity index (χ1) is 10.0. The summed E-state index contributed by atoms with van der Waals surface area (Å²) in [4.78, 5) is 15.1. The summed E-state index contributed by atoms with van der Waals surface area (Å²) in [5.41, 5.74) is 1.57. The molecule has 0 atom stereocenters. The fourth-order valence-corrected chi connectivity index (χ4v) is 2.35. The molecule has 0 fully saturated rings. The van der Waals surface area contributed by atoms with Gasteiger partial charge >= 0.3 is 0 Å². The maximum absolute atomic E-state index is 13.1. The molecule has 0 saturated carbocycles. The van der Waals surface area contributed by atoms with E-state index in [2.05, 4.69) is 10.3 Å². The molecule has 0 aliphatic heterocycles. The molecule has 0 radical (unpaired) electrons. The molecule has 0 saturated heterocycles. The van der Waals surface area contributed by atoms with Crippen LogP contribution in [0.1, 0.15) is 10.5 Å². The van der Waals surface area contributed by atoms with E-state index < -0.39 is 5.82 Å². The molecule has 21 heavy (non-hydrogen) atoms. The molecule has 1 heterocycles. The number of aromatic nitrogens is 1. The van der Waals surface area contributed by atoms with E-state index in [1.165, 1.54) is 18.2 Å². The normalized spacial score (nSPS) is 10.8. The number of H-pyrrole nitrogens is 1. The Morgan fingerprint density at radius 2 is 1.90 bits per heavy atom. The number of hydrogen-bond donors (Lipinski definition) is 2. The Morgan fingerprint density at radius 1 is 1.10 bits per heavy atom. The predicted molar refractivity (Wildman–Crippen MR) is 82.7 cm³/mol. The van der Waals surface area contributed by atoms with E-state index in [4.69, 9.17) is 23.2 Å². The second-order valence-corrected chi connectivity index (χ2v) is 5.34. The molecule has 2 aromatic carbocycles. The number of rotatable bonds is 2. The number of fused-ring (bicyclic) bond motifs is 1. The molecule has 1 amide bonds. The van der Waals surface area contributed by atoms with Crippen molar-refractivity contribution in [2.45, 2.75) is 0 Å². The van der Waals surface area contributed by atoms with Gasteiger partial charge in [-0.05, 0) is 36.4 Å². The number of carbonyl (C=O) groups is 1. The van der Waals surface area contributed by atoms with Gasteiger partial charge in [0.1, 0.15) is 11.5 Å². The van der Waals surface area contributed by atoms with Gasteiger partial charge in [-0.15, -0.1) is 0 Å². The smallest absolute Gasteiger partial charge is 0.272 e. The Labute approximate surface area is 129 Å². The number of amides is 1. The second kappa shape index (κ2) is 5.39. The van der Waals surface area contributed by atoms with Crippen LogP contribution in [0.25, 0.3) is 10.9 Å². The monoisotopic (exact) mass is 322 g/mol. The van der Waals surface area contributed by atoms with Crippen LogP contribution in [-0.4, -0.2) is 10.9 Å². The predicted octanol–water partition coefficient (Wildman–Crippen LogP) is 4.87. The summed E-state index contributed by atoms with van der Waals surface area (Å²) < 4.78 is 13.1. The van der Waals surface area contributed by atoms with Gasteiger partial charge in [0.2, 0.25) is 0 Å². The van der Waals surface area contributed by atoms with Crippen LogP contribution in [0.3, 0.4) is 0 Å². The van der Waals surface area contributed by atoms with E-state index in [0.29, 0.717) is 16.4 Å². The number of anilines is 1. The summed E-state index contributed by atoms with van der Waals surface area (Å²) in [6, 6.07) is 11.0. The number of nitrogens with one attached hydrogen (secondary N) is 2. The number of aromatic amines is 1. The molecule has 0 aliphatic rings. The zero-order valence-electron chi connectivity index (χ0n) is 10.6. The quantitative estimate of drug-likeness (QED) is 0.694. The lowest BCUT2D eigenvalue weighted by Crippen LogP contribution is -2.12. The van der Waals surface area contributed by atoms with Crippen molar-refractivity contribution in [2.24, 2.45) is 0 Å². The molecule has 3 aromatic rings. The lowest BCUT2D eigenvalue weighted by atomic mass is 10.2. The third kappa shape index (κ3) is 2.86. The van der Waals surface area contributed by atoms with E-state index in [1.807, 2.05) is 6.07 Å². The fraction of sp³-hybridized carbons (Fsp3) is 0. The van der Waals surface area contributed by atoms with Crippen molar-refractivity contribution in [1.82, 2.24) is 4.98 Å². The number of hydrogen-bond acceptors (Lipinski definition) is 1. The SMILES string of the molecule is O=C(Nc1ccc(F)c(Cl)c1)c1cc2ccc(Cl)cc2[nH]1. The summed E-state index contributed by atoms with van der Waals surface area (Å²) in [6.45, 7) is 0. The average Bonchev–Trinajstić information content (AvgIpc) is 2.86. The highest BCUT2D eigenvalue weighted by Crippen LogP contribution is 2.22. The summed E-state index contributed by atoms with van der Waals surface area (Å²) in [7, 11) is 0. The molecule has 106 valence electrons. The zero-order chi connectivity index (χ0) is 15.0. The lowest BCUT2D eigenvalue weighted by molar-refractivity contribution is 0.102. The average molecular weight is 323 g/mol. The van der Waals surface area contributed by atoms with Crippen LogP contribution in [0.15, 0.2) is 42.5 Å². The van der Waals surface area contributed by atoms with Crippen LogP contribution in [0.2, 0.25) is 10.0 Å². The third-order valence-corrected chi connectivity index (χ3v) is 3.53. The van der Waals surface area contributed by atoms with Crippen LogP contribution in [0.4, 0.5) is 10.1 Å². The van der Waals surface area contributed by atoms with Crippen molar-refractivity contribution in [3.8, 4) is 0 Å². The van der Waals surface area contributed by atoms with Crippen molar-refractivity contribution in [2.75, 3.05) is 5.32 Å². The second-order valence-electron chi connectivity index (χ2n) is 4.50. The fourth-order valence-electron chi connectivity index (χ4n) is 1.99. The van der Waals surface area contributed by atoms with Gasteiger partial charge in [-0.25, -0.2) is 4.39 Å². The highest BCUT2D eigenvalue weighted by atomic mass is 35.5. The van der Waals surface area contributed by atoms with Gasteiger partial charge in [0, 0.05) is 21.6 Å². The minimum absolute atomic E-state index is 0.0452. The Hall–Kier alpha value is -2.04. The summed E-state index contributed by atoms with van der Waals surface area (Å²) in [5.74, 6) is -0.875. The van der Waals surface area contributed by atoms with Gasteiger partial charge in [-0.3, -0.25) is 4.79 Å². The van der Waals surface area contributed by atoms with E-state index in [9.17, 15) is 9.18 Å². The number of halogens is 3. The standard InChI is InChI=1S/C15H9Cl2FN2O/c16-9-2-1-8-5-14(20-13(8)6-9)15(21)19-10-3-4-12(18)11(17)7-10/h1-7,20H,(H,19,21). The van der Waals surface area contributed by atoms with Gasteiger partial charge in [0.15, 0.2) is 0 Å². The highest BCUT2D eigenvalue weighted by molar-refractivity contribution is 6.31. The van der Waals surface area contributed by atoms with Crippen LogP contribution in [0.5, 0.6) is 0 Å². The van der Waals surface area contributed by atoms with Crippen LogP contribution in [-0.2, 0) is 0 Å². The summed E-state index contributed by atoms with van der Waals surface area (Å²) in [6.07, 6.45) is 0. The molecule has 0 unspecified atom stereocenters.